The number of amides is 1. The zero-order chi connectivity index (χ0) is 18.5. The molecule has 1 aliphatic heterocycles. The van der Waals surface area contributed by atoms with Gasteiger partial charge < -0.3 is 9.84 Å². The number of rotatable bonds is 7. The molecule has 0 aromatic rings. The van der Waals surface area contributed by atoms with Crippen molar-refractivity contribution in [3.05, 3.63) is 12.2 Å². The smallest absolute Gasteiger partial charge is 0.410 e. The van der Waals surface area contributed by atoms with Crippen LogP contribution >= 0.6 is 0 Å². The molecule has 0 bridgehead atoms. The van der Waals surface area contributed by atoms with Crippen molar-refractivity contribution in [1.29, 1.82) is 0 Å². The van der Waals surface area contributed by atoms with E-state index in [0.29, 0.717) is 18.9 Å². The summed E-state index contributed by atoms with van der Waals surface area (Å²) in [5, 5.41) is 8.78. The molecule has 0 aromatic heterocycles. The molecule has 2 atom stereocenters. The van der Waals surface area contributed by atoms with Gasteiger partial charge in [-0.15, -0.1) is 0 Å². The lowest BCUT2D eigenvalue weighted by molar-refractivity contribution is -0.131. The van der Waals surface area contributed by atoms with Crippen LogP contribution in [0.1, 0.15) is 53.9 Å². The zero-order valence-corrected chi connectivity index (χ0v) is 15.2. The van der Waals surface area contributed by atoms with Crippen molar-refractivity contribution in [1.82, 2.24) is 4.90 Å². The number of likely N-dealkylation sites (tertiary alicyclic amines) is 1. The van der Waals surface area contributed by atoms with Crippen LogP contribution in [0, 0.1) is 11.8 Å². The normalized spacial score (nSPS) is 19.2. The van der Waals surface area contributed by atoms with E-state index in [0.717, 1.165) is 12.5 Å². The number of hydrogen-bond donors (Lipinski definition) is 1. The maximum absolute atomic E-state index is 12.5. The minimum absolute atomic E-state index is 0.0344. The topological polar surface area (TPSA) is 83.9 Å². The summed E-state index contributed by atoms with van der Waals surface area (Å²) in [5.74, 6) is -0.831. The third kappa shape index (κ3) is 6.72. The van der Waals surface area contributed by atoms with E-state index in [9.17, 15) is 14.4 Å². The van der Waals surface area contributed by atoms with E-state index < -0.39 is 23.7 Å². The molecule has 0 unspecified atom stereocenters. The predicted molar refractivity (Wildman–Crippen MR) is 90.7 cm³/mol. The molecule has 0 aliphatic carbocycles. The summed E-state index contributed by atoms with van der Waals surface area (Å²) in [5.41, 5.74) is -0.593. The first-order valence-electron chi connectivity index (χ1n) is 8.43. The largest absolute Gasteiger partial charge is 0.478 e. The highest BCUT2D eigenvalue weighted by Gasteiger charge is 2.39. The number of carbonyl (C=O) groups excluding carboxylic acids is 2. The Morgan fingerprint density at radius 3 is 2.33 bits per heavy atom. The molecule has 1 saturated heterocycles. The van der Waals surface area contributed by atoms with Crippen molar-refractivity contribution in [3.8, 4) is 0 Å². The summed E-state index contributed by atoms with van der Waals surface area (Å²) in [7, 11) is 0. The molecule has 0 aromatic carbocycles. The van der Waals surface area contributed by atoms with Crippen molar-refractivity contribution in [3.63, 3.8) is 0 Å². The van der Waals surface area contributed by atoms with Gasteiger partial charge in [-0.1, -0.05) is 19.9 Å². The fourth-order valence-electron chi connectivity index (χ4n) is 2.71. The van der Waals surface area contributed by atoms with E-state index >= 15 is 0 Å². The molecule has 6 nitrogen and oxygen atoms in total. The number of aliphatic carboxylic acids is 1. The van der Waals surface area contributed by atoms with Crippen molar-refractivity contribution in [2.75, 3.05) is 6.54 Å². The number of hydrogen-bond acceptors (Lipinski definition) is 4. The molecule has 1 amide bonds. The SMILES string of the molecule is CC(C)C[C@@H](/C=C/C(=O)O)CC(=O)[C@@H]1CCN1C(=O)OC(C)(C)C. The lowest BCUT2D eigenvalue weighted by atomic mass is 9.87. The lowest BCUT2D eigenvalue weighted by Crippen LogP contribution is -2.56. The monoisotopic (exact) mass is 339 g/mol. The van der Waals surface area contributed by atoms with E-state index in [1.54, 1.807) is 26.8 Å². The summed E-state index contributed by atoms with van der Waals surface area (Å²) in [6.07, 6.45) is 3.81. The Kier molecular flexibility index (Phi) is 6.99. The fourth-order valence-corrected chi connectivity index (χ4v) is 2.71. The summed E-state index contributed by atoms with van der Waals surface area (Å²) in [6, 6.07) is -0.451. The van der Waals surface area contributed by atoms with Gasteiger partial charge >= 0.3 is 12.1 Å². The first-order chi connectivity index (χ1) is 11.0. The van der Waals surface area contributed by atoms with Gasteiger partial charge in [0.05, 0.1) is 6.04 Å². The van der Waals surface area contributed by atoms with Crippen LogP contribution in [-0.4, -0.2) is 46.0 Å². The summed E-state index contributed by atoms with van der Waals surface area (Å²) in [4.78, 5) is 36.8. The van der Waals surface area contributed by atoms with Gasteiger partial charge in [0.2, 0.25) is 0 Å². The number of carboxylic acids is 1. The number of ketones is 1. The van der Waals surface area contributed by atoms with Gasteiger partial charge in [0.1, 0.15) is 5.60 Å². The molecule has 1 aliphatic rings. The van der Waals surface area contributed by atoms with E-state index in [1.807, 2.05) is 13.8 Å². The third-order valence-electron chi connectivity index (χ3n) is 3.77. The van der Waals surface area contributed by atoms with Gasteiger partial charge in [-0.05, 0) is 45.4 Å². The average Bonchev–Trinajstić information content (AvgIpc) is 2.31. The van der Waals surface area contributed by atoms with Crippen LogP contribution in [0.15, 0.2) is 12.2 Å². The first kappa shape index (κ1) is 20.2. The van der Waals surface area contributed by atoms with Crippen LogP contribution in [-0.2, 0) is 14.3 Å². The minimum atomic E-state index is -1.02. The van der Waals surface area contributed by atoms with Gasteiger partial charge in [0.15, 0.2) is 5.78 Å². The number of ether oxygens (including phenoxy) is 1. The fraction of sp³-hybridized carbons (Fsp3) is 0.722. The summed E-state index contributed by atoms with van der Waals surface area (Å²) in [6.45, 7) is 9.95. The first-order valence-corrected chi connectivity index (χ1v) is 8.43. The Labute approximate surface area is 143 Å². The van der Waals surface area contributed by atoms with Crippen molar-refractivity contribution < 1.29 is 24.2 Å². The van der Waals surface area contributed by atoms with Crippen LogP contribution < -0.4 is 0 Å². The number of allylic oxidation sites excluding steroid dienone is 1. The Bertz CT molecular complexity index is 504. The number of carbonyl (C=O) groups is 3. The van der Waals surface area contributed by atoms with E-state index in [1.165, 1.54) is 4.90 Å². The van der Waals surface area contributed by atoms with E-state index in [-0.39, 0.29) is 18.1 Å². The van der Waals surface area contributed by atoms with Gasteiger partial charge in [-0.25, -0.2) is 9.59 Å². The molecule has 1 rings (SSSR count). The number of Topliss-reactive ketones (excluding diaryl/α,β-unsaturated/α-hetero) is 1. The Balaban J connectivity index is 2.66. The van der Waals surface area contributed by atoms with Gasteiger partial charge in [0, 0.05) is 19.0 Å². The van der Waals surface area contributed by atoms with Crippen LogP contribution in [0.25, 0.3) is 0 Å². The lowest BCUT2D eigenvalue weighted by Gasteiger charge is -2.40. The minimum Gasteiger partial charge on any atom is -0.478 e. The standard InChI is InChI=1S/C18H29NO5/c1-12(2)10-13(6-7-16(21)22)11-15(20)14-8-9-19(14)17(23)24-18(3,4)5/h6-7,12-14H,8-11H2,1-5H3,(H,21,22)/b7-6+/t13-,14+/m1/s1. The summed E-state index contributed by atoms with van der Waals surface area (Å²) < 4.78 is 5.31. The molecule has 1 heterocycles. The molecule has 0 radical (unpaired) electrons. The molecule has 0 spiro atoms. The number of nitrogens with zero attached hydrogens (tertiary/aromatic N) is 1. The van der Waals surface area contributed by atoms with Crippen molar-refractivity contribution >= 4 is 17.8 Å². The molecule has 24 heavy (non-hydrogen) atoms. The second-order valence-corrected chi connectivity index (χ2v) is 7.74. The summed E-state index contributed by atoms with van der Waals surface area (Å²) >= 11 is 0. The van der Waals surface area contributed by atoms with Gasteiger partial charge in [0.25, 0.3) is 0 Å². The van der Waals surface area contributed by atoms with Crippen LogP contribution in [0.5, 0.6) is 0 Å². The molecule has 0 saturated carbocycles. The second-order valence-electron chi connectivity index (χ2n) is 7.74. The average molecular weight is 339 g/mol. The van der Waals surface area contributed by atoms with Crippen LogP contribution in [0.2, 0.25) is 0 Å². The maximum Gasteiger partial charge on any atom is 0.410 e. The van der Waals surface area contributed by atoms with Crippen LogP contribution in [0.4, 0.5) is 4.79 Å². The zero-order valence-electron chi connectivity index (χ0n) is 15.2. The molecule has 6 heteroatoms. The Hall–Kier alpha value is -1.85. The third-order valence-corrected chi connectivity index (χ3v) is 3.77. The quantitative estimate of drug-likeness (QED) is 0.720. The van der Waals surface area contributed by atoms with Crippen LogP contribution in [0.3, 0.4) is 0 Å². The molecular formula is C18H29NO5. The Morgan fingerprint density at radius 1 is 1.29 bits per heavy atom. The molecular weight excluding hydrogens is 310 g/mol. The van der Waals surface area contributed by atoms with E-state index in [4.69, 9.17) is 9.84 Å². The predicted octanol–water partition coefficient (Wildman–Crippen LogP) is 3.26. The maximum atomic E-state index is 12.5. The molecule has 1 N–H and O–H groups in total. The Morgan fingerprint density at radius 2 is 1.92 bits per heavy atom. The molecule has 136 valence electrons. The van der Waals surface area contributed by atoms with Gasteiger partial charge in [-0.3, -0.25) is 9.69 Å². The van der Waals surface area contributed by atoms with Crippen molar-refractivity contribution in [2.45, 2.75) is 65.5 Å². The highest BCUT2D eigenvalue weighted by molar-refractivity contribution is 5.89. The van der Waals surface area contributed by atoms with E-state index in [2.05, 4.69) is 0 Å². The highest BCUT2D eigenvalue weighted by Crippen LogP contribution is 2.26. The second kappa shape index (κ2) is 8.31. The highest BCUT2D eigenvalue weighted by atomic mass is 16.6. The van der Waals surface area contributed by atoms with Gasteiger partial charge in [-0.2, -0.15) is 0 Å². The van der Waals surface area contributed by atoms with Crippen molar-refractivity contribution in [2.24, 2.45) is 11.8 Å². The number of carboxylic acid groups (broad SMARTS) is 1. The molecule has 1 fully saturated rings.